The van der Waals surface area contributed by atoms with Gasteiger partial charge >= 0.3 is 5.97 Å². The number of nitrogens with zero attached hydrogens (tertiary/aromatic N) is 1. The number of rotatable bonds is 8. The molecule has 1 aromatic carbocycles. The number of allylic oxidation sites excluding steroid dienone is 6. The van der Waals surface area contributed by atoms with Crippen molar-refractivity contribution < 1.29 is 38.9 Å². The molecule has 0 radical (unpaired) electrons. The number of hydrogen-bond acceptors (Lipinski definition) is 7. The number of likely N-dealkylation sites (tertiary alicyclic amines) is 1. The fourth-order valence-corrected chi connectivity index (χ4v) is 6.40. The lowest BCUT2D eigenvalue weighted by molar-refractivity contribution is -0.142. The minimum Gasteiger partial charge on any atom is -0.491 e. The highest BCUT2D eigenvalue weighted by Gasteiger charge is 2.56. The second-order valence-electron chi connectivity index (χ2n) is 10.2. The van der Waals surface area contributed by atoms with Crippen LogP contribution in [0.4, 0.5) is 0 Å². The Morgan fingerprint density at radius 2 is 1.87 bits per heavy atom. The van der Waals surface area contributed by atoms with Crippen LogP contribution in [0.3, 0.4) is 0 Å². The van der Waals surface area contributed by atoms with E-state index in [2.05, 4.69) is 0 Å². The molecule has 1 fully saturated rings. The summed E-state index contributed by atoms with van der Waals surface area (Å²) in [6.07, 6.45) is 3.77. The molecule has 3 aliphatic carbocycles. The van der Waals surface area contributed by atoms with Gasteiger partial charge in [-0.3, -0.25) is 28.9 Å². The molecule has 38 heavy (non-hydrogen) atoms. The van der Waals surface area contributed by atoms with Gasteiger partial charge in [0.15, 0.2) is 11.6 Å². The molecule has 2 amide bonds. The molecule has 1 saturated heterocycles. The van der Waals surface area contributed by atoms with Crippen LogP contribution in [-0.4, -0.2) is 64.2 Å². The summed E-state index contributed by atoms with van der Waals surface area (Å²) in [5, 5.41) is 18.3. The molecule has 198 valence electrons. The van der Waals surface area contributed by atoms with Crippen molar-refractivity contribution in [2.45, 2.75) is 38.5 Å². The third kappa shape index (κ3) is 4.20. The van der Waals surface area contributed by atoms with Crippen LogP contribution in [0.1, 0.15) is 44.1 Å². The number of carboxylic acid groups (broad SMARTS) is 1. The van der Waals surface area contributed by atoms with Crippen LogP contribution < -0.4 is 4.74 Å². The summed E-state index contributed by atoms with van der Waals surface area (Å²) in [5.74, 6) is -4.07. The number of Topliss-reactive ketones (excluding diaryl/α,β-unsaturated/α-hetero) is 1. The van der Waals surface area contributed by atoms with Crippen LogP contribution in [-0.2, 0) is 24.0 Å². The summed E-state index contributed by atoms with van der Waals surface area (Å²) in [4.78, 5) is 65.6. The van der Waals surface area contributed by atoms with Crippen LogP contribution in [0.5, 0.6) is 5.75 Å². The fourth-order valence-electron chi connectivity index (χ4n) is 6.40. The second kappa shape index (κ2) is 10.1. The van der Waals surface area contributed by atoms with Crippen LogP contribution in [0.2, 0.25) is 0 Å². The Labute approximate surface area is 219 Å². The lowest BCUT2D eigenvalue weighted by Gasteiger charge is -2.42. The first-order valence-electron chi connectivity index (χ1n) is 12.8. The van der Waals surface area contributed by atoms with Crippen molar-refractivity contribution in [3.63, 3.8) is 0 Å². The number of amides is 2. The zero-order chi connectivity index (χ0) is 27.1. The number of aliphatic hydroxyl groups excluding tert-OH is 1. The molecule has 4 atom stereocenters. The molecule has 1 aromatic rings. The van der Waals surface area contributed by atoms with E-state index < -0.39 is 29.6 Å². The van der Waals surface area contributed by atoms with Gasteiger partial charge < -0.3 is 14.9 Å². The van der Waals surface area contributed by atoms with Crippen LogP contribution >= 0.6 is 0 Å². The summed E-state index contributed by atoms with van der Waals surface area (Å²) in [5.41, 5.74) is 2.56. The summed E-state index contributed by atoms with van der Waals surface area (Å²) >= 11 is 0. The molecule has 9 nitrogen and oxygen atoms in total. The predicted octanol–water partition coefficient (Wildman–Crippen LogP) is 2.35. The van der Waals surface area contributed by atoms with Crippen LogP contribution in [0, 0.1) is 17.8 Å². The summed E-state index contributed by atoms with van der Waals surface area (Å²) in [7, 11) is 0. The topological polar surface area (TPSA) is 138 Å². The molecule has 0 bridgehead atoms. The first-order chi connectivity index (χ1) is 18.2. The number of fused-ring (bicyclic) bond motifs is 3. The molecule has 9 heteroatoms. The Kier molecular flexibility index (Phi) is 6.88. The Morgan fingerprint density at radius 1 is 1.11 bits per heavy atom. The zero-order valence-electron chi connectivity index (χ0n) is 21.0. The van der Waals surface area contributed by atoms with E-state index in [9.17, 15) is 29.1 Å². The number of ether oxygens (including phenoxy) is 1. The van der Waals surface area contributed by atoms with E-state index >= 15 is 0 Å². The lowest BCUT2D eigenvalue weighted by atomic mass is 9.59. The Morgan fingerprint density at radius 3 is 2.61 bits per heavy atom. The lowest BCUT2D eigenvalue weighted by Crippen LogP contribution is -2.40. The van der Waals surface area contributed by atoms with Crippen molar-refractivity contribution in [3.8, 4) is 5.75 Å². The van der Waals surface area contributed by atoms with Gasteiger partial charge in [-0.15, -0.1) is 0 Å². The summed E-state index contributed by atoms with van der Waals surface area (Å²) < 4.78 is 5.81. The molecular formula is C29H29NO8. The molecule has 5 rings (SSSR count). The number of para-hydroxylation sites is 1. The van der Waals surface area contributed by atoms with Crippen molar-refractivity contribution >= 4 is 29.4 Å². The fraction of sp³-hybridized carbons (Fsp3) is 0.414. The Balaban J connectivity index is 1.59. The van der Waals surface area contributed by atoms with E-state index in [1.54, 1.807) is 19.1 Å². The molecule has 1 aliphatic heterocycles. The minimum atomic E-state index is -0.994. The molecule has 0 saturated carbocycles. The summed E-state index contributed by atoms with van der Waals surface area (Å²) in [6.45, 7) is 1.50. The van der Waals surface area contributed by atoms with Gasteiger partial charge in [-0.1, -0.05) is 29.8 Å². The van der Waals surface area contributed by atoms with Crippen LogP contribution in [0.25, 0.3) is 0 Å². The average Bonchev–Trinajstić information content (AvgIpc) is 3.14. The monoisotopic (exact) mass is 519 g/mol. The van der Waals surface area contributed by atoms with Crippen molar-refractivity contribution in [3.05, 3.63) is 64.3 Å². The normalized spacial score (nSPS) is 26.5. The van der Waals surface area contributed by atoms with E-state index in [1.165, 1.54) is 11.0 Å². The number of carbonyl (C=O) groups excluding carboxylic acids is 4. The van der Waals surface area contributed by atoms with Crippen molar-refractivity contribution in [1.29, 1.82) is 0 Å². The second-order valence-corrected chi connectivity index (χ2v) is 10.2. The first kappa shape index (κ1) is 25.8. The highest BCUT2D eigenvalue weighted by atomic mass is 16.5. The number of imide groups is 1. The highest BCUT2D eigenvalue weighted by Crippen LogP contribution is 2.56. The maximum absolute atomic E-state index is 13.6. The van der Waals surface area contributed by atoms with Gasteiger partial charge in [0.25, 0.3) is 0 Å². The number of ketones is 2. The van der Waals surface area contributed by atoms with Gasteiger partial charge in [0.05, 0.1) is 18.4 Å². The van der Waals surface area contributed by atoms with E-state index in [4.69, 9.17) is 9.84 Å². The Hall–Kier alpha value is -3.85. The van der Waals surface area contributed by atoms with E-state index in [1.807, 2.05) is 18.2 Å². The number of carbonyl (C=O) groups is 5. The zero-order valence-corrected chi connectivity index (χ0v) is 21.0. The predicted molar refractivity (Wildman–Crippen MR) is 134 cm³/mol. The van der Waals surface area contributed by atoms with E-state index in [0.717, 1.165) is 5.57 Å². The number of aliphatic carboxylic acids is 1. The third-order valence-electron chi connectivity index (χ3n) is 8.01. The molecule has 4 aliphatic rings. The molecule has 4 unspecified atom stereocenters. The maximum atomic E-state index is 13.6. The number of benzene rings is 1. The molecule has 0 spiro atoms. The number of hydrogen-bond donors (Lipinski definition) is 2. The average molecular weight is 520 g/mol. The Bertz CT molecular complexity index is 1340. The van der Waals surface area contributed by atoms with E-state index in [0.29, 0.717) is 34.5 Å². The highest BCUT2D eigenvalue weighted by molar-refractivity contribution is 6.24. The van der Waals surface area contributed by atoms with Crippen molar-refractivity contribution in [2.24, 2.45) is 17.8 Å². The van der Waals surface area contributed by atoms with Gasteiger partial charge in [-0.2, -0.15) is 0 Å². The standard InChI is InChI=1S/C29H29NO8/c1-15-13-21(32)20-14-19-16(8-9-18-25(19)29(37)30(28(18)36)10-4-7-23(33)34)24(26(20)27(15)35)17-5-2-3-6-22(17)38-12-11-31/h2-3,5-6,8,13,18-19,24-25,31H,4,7,9-12,14H2,1H3,(H,33,34). The van der Waals surface area contributed by atoms with Crippen molar-refractivity contribution in [2.75, 3.05) is 19.8 Å². The van der Waals surface area contributed by atoms with E-state index in [-0.39, 0.29) is 62.4 Å². The minimum absolute atomic E-state index is 0.0353. The molecule has 1 heterocycles. The van der Waals surface area contributed by atoms with Crippen LogP contribution in [0.15, 0.2) is 58.7 Å². The van der Waals surface area contributed by atoms with Gasteiger partial charge in [0.2, 0.25) is 11.8 Å². The first-order valence-corrected chi connectivity index (χ1v) is 12.8. The van der Waals surface area contributed by atoms with Gasteiger partial charge in [-0.05, 0) is 44.2 Å². The molecule has 0 aromatic heterocycles. The molecule has 2 N–H and O–H groups in total. The number of aliphatic hydroxyl groups is 1. The maximum Gasteiger partial charge on any atom is 0.303 e. The number of carboxylic acids is 1. The smallest absolute Gasteiger partial charge is 0.303 e. The third-order valence-corrected chi connectivity index (χ3v) is 8.01. The largest absolute Gasteiger partial charge is 0.491 e. The molecular weight excluding hydrogens is 490 g/mol. The van der Waals surface area contributed by atoms with Crippen molar-refractivity contribution in [1.82, 2.24) is 4.90 Å². The summed E-state index contributed by atoms with van der Waals surface area (Å²) in [6, 6.07) is 7.16. The quantitative estimate of drug-likeness (QED) is 0.303. The van der Waals surface area contributed by atoms with Gasteiger partial charge in [0.1, 0.15) is 12.4 Å². The SMILES string of the molecule is CC1=CC(=O)C2=C(C1=O)C(c1ccccc1OCCO)C1=CCC3C(=O)N(CCCC(=O)O)C(=O)C3C1C2. The van der Waals surface area contributed by atoms with Gasteiger partial charge in [-0.25, -0.2) is 0 Å². The van der Waals surface area contributed by atoms with Gasteiger partial charge in [0, 0.05) is 41.2 Å².